The number of rotatable bonds is 1. The minimum absolute atomic E-state index is 0.485. The van der Waals surface area contributed by atoms with Crippen molar-refractivity contribution in [1.82, 2.24) is 4.98 Å². The average Bonchev–Trinajstić information content (AvgIpc) is 1.94. The van der Waals surface area contributed by atoms with E-state index in [0.717, 1.165) is 0 Å². The first-order valence-electron chi connectivity index (χ1n) is 2.60. The van der Waals surface area contributed by atoms with Gasteiger partial charge in [-0.3, -0.25) is 0 Å². The number of alkyl halides is 1. The number of halogens is 3. The van der Waals surface area contributed by atoms with Gasteiger partial charge in [0.2, 0.25) is 5.95 Å². The monoisotopic (exact) mass is 223 g/mol. The minimum atomic E-state index is -0.501. The van der Waals surface area contributed by atoms with E-state index < -0.39 is 5.95 Å². The Labute approximate surface area is 71.4 Å². The molecular weight excluding hydrogens is 220 g/mol. The van der Waals surface area contributed by atoms with Crippen molar-refractivity contribution in [1.29, 1.82) is 0 Å². The molecule has 4 heteroatoms. The summed E-state index contributed by atoms with van der Waals surface area (Å²) in [6.45, 7) is 0. The molecule has 0 saturated carbocycles. The van der Waals surface area contributed by atoms with Crippen LogP contribution in [0.2, 0.25) is 5.02 Å². The van der Waals surface area contributed by atoms with Gasteiger partial charge in [0.05, 0.1) is 5.02 Å². The quantitative estimate of drug-likeness (QED) is 0.528. The summed E-state index contributed by atoms with van der Waals surface area (Å²) in [6, 6.07) is 1.30. The van der Waals surface area contributed by atoms with E-state index >= 15 is 0 Å². The predicted molar refractivity (Wildman–Crippen MR) is 41.8 cm³/mol. The Balaban J connectivity index is 3.09. The van der Waals surface area contributed by atoms with Crippen LogP contribution in [0.3, 0.4) is 0 Å². The molecule has 0 bridgehead atoms. The molecular formula is C6H4BrClFN. The Kier molecular flexibility index (Phi) is 2.63. The van der Waals surface area contributed by atoms with E-state index in [-0.39, 0.29) is 0 Å². The summed E-state index contributed by atoms with van der Waals surface area (Å²) in [4.78, 5) is 3.37. The molecule has 0 aliphatic rings. The van der Waals surface area contributed by atoms with Crippen molar-refractivity contribution in [3.05, 3.63) is 28.8 Å². The molecule has 1 aromatic rings. The highest BCUT2D eigenvalue weighted by Crippen LogP contribution is 2.17. The molecule has 0 atom stereocenters. The lowest BCUT2D eigenvalue weighted by molar-refractivity contribution is 0.582. The fraction of sp³-hybridized carbons (Fsp3) is 0.167. The van der Waals surface area contributed by atoms with Gasteiger partial charge in [0.25, 0.3) is 0 Å². The maximum absolute atomic E-state index is 12.3. The first-order valence-corrected chi connectivity index (χ1v) is 4.10. The van der Waals surface area contributed by atoms with Crippen molar-refractivity contribution >= 4 is 27.5 Å². The van der Waals surface area contributed by atoms with E-state index in [1.807, 2.05) is 0 Å². The van der Waals surface area contributed by atoms with Crippen LogP contribution < -0.4 is 0 Å². The second-order valence-electron chi connectivity index (χ2n) is 1.73. The van der Waals surface area contributed by atoms with Gasteiger partial charge in [-0.05, 0) is 11.6 Å². The standard InChI is InChI=1S/C6H4BrClFN/c7-2-4-1-6(9)10-3-5(4)8/h1,3H,2H2. The van der Waals surface area contributed by atoms with E-state index in [2.05, 4.69) is 20.9 Å². The van der Waals surface area contributed by atoms with Crippen molar-refractivity contribution in [2.24, 2.45) is 0 Å². The molecule has 1 heterocycles. The number of nitrogens with zero attached hydrogens (tertiary/aromatic N) is 1. The van der Waals surface area contributed by atoms with Crippen LogP contribution in [0.15, 0.2) is 12.3 Å². The fourth-order valence-corrected chi connectivity index (χ4v) is 1.35. The zero-order chi connectivity index (χ0) is 7.56. The third-order valence-electron chi connectivity index (χ3n) is 1.05. The Bertz CT molecular complexity index is 241. The third kappa shape index (κ3) is 1.67. The van der Waals surface area contributed by atoms with Crippen molar-refractivity contribution in [3.63, 3.8) is 0 Å². The van der Waals surface area contributed by atoms with Gasteiger partial charge in [-0.15, -0.1) is 0 Å². The first kappa shape index (κ1) is 7.95. The van der Waals surface area contributed by atoms with Crippen molar-refractivity contribution < 1.29 is 4.39 Å². The number of aromatic nitrogens is 1. The molecule has 1 rings (SSSR count). The summed E-state index contributed by atoms with van der Waals surface area (Å²) >= 11 is 8.80. The number of pyridine rings is 1. The SMILES string of the molecule is Fc1cc(CBr)c(Cl)cn1. The Morgan fingerprint density at radius 3 is 2.90 bits per heavy atom. The zero-order valence-electron chi connectivity index (χ0n) is 4.94. The Hall–Kier alpha value is -0.150. The van der Waals surface area contributed by atoms with E-state index in [4.69, 9.17) is 11.6 Å². The second kappa shape index (κ2) is 3.30. The Morgan fingerprint density at radius 1 is 1.70 bits per heavy atom. The minimum Gasteiger partial charge on any atom is -0.227 e. The summed E-state index contributed by atoms with van der Waals surface area (Å²) in [5.74, 6) is -0.501. The van der Waals surface area contributed by atoms with Gasteiger partial charge in [0.1, 0.15) is 0 Å². The lowest BCUT2D eigenvalue weighted by atomic mass is 10.3. The van der Waals surface area contributed by atoms with Crippen LogP contribution in [0.4, 0.5) is 4.39 Å². The van der Waals surface area contributed by atoms with Crippen molar-refractivity contribution in [3.8, 4) is 0 Å². The van der Waals surface area contributed by atoms with Gasteiger partial charge < -0.3 is 0 Å². The van der Waals surface area contributed by atoms with E-state index in [0.29, 0.717) is 15.9 Å². The molecule has 54 valence electrons. The predicted octanol–water partition coefficient (Wildman–Crippen LogP) is 2.77. The molecule has 0 radical (unpaired) electrons. The van der Waals surface area contributed by atoms with Crippen LogP contribution in [0, 0.1) is 5.95 Å². The normalized spacial score (nSPS) is 9.90. The molecule has 0 spiro atoms. The van der Waals surface area contributed by atoms with Gasteiger partial charge in [-0.2, -0.15) is 4.39 Å². The molecule has 1 aromatic heterocycles. The topological polar surface area (TPSA) is 12.9 Å². The van der Waals surface area contributed by atoms with E-state index in [1.165, 1.54) is 12.3 Å². The van der Waals surface area contributed by atoms with Crippen LogP contribution in [0.5, 0.6) is 0 Å². The van der Waals surface area contributed by atoms with Gasteiger partial charge >= 0.3 is 0 Å². The fourth-order valence-electron chi connectivity index (χ4n) is 0.554. The van der Waals surface area contributed by atoms with Crippen molar-refractivity contribution in [2.45, 2.75) is 5.33 Å². The molecule has 0 unspecified atom stereocenters. The highest BCUT2D eigenvalue weighted by Gasteiger charge is 1.99. The molecule has 10 heavy (non-hydrogen) atoms. The first-order chi connectivity index (χ1) is 4.74. The van der Waals surface area contributed by atoms with Gasteiger partial charge in [-0.1, -0.05) is 27.5 Å². The van der Waals surface area contributed by atoms with Crippen molar-refractivity contribution in [2.75, 3.05) is 0 Å². The average molecular weight is 224 g/mol. The number of hydrogen-bond donors (Lipinski definition) is 0. The van der Waals surface area contributed by atoms with Gasteiger partial charge in [0, 0.05) is 11.5 Å². The summed E-state index contributed by atoms with van der Waals surface area (Å²) in [6.07, 6.45) is 1.30. The highest BCUT2D eigenvalue weighted by molar-refractivity contribution is 9.08. The third-order valence-corrected chi connectivity index (χ3v) is 1.99. The van der Waals surface area contributed by atoms with Crippen LogP contribution >= 0.6 is 27.5 Å². The Morgan fingerprint density at radius 2 is 2.40 bits per heavy atom. The summed E-state index contributed by atoms with van der Waals surface area (Å²) in [5, 5.41) is 1.03. The summed E-state index contributed by atoms with van der Waals surface area (Å²) in [7, 11) is 0. The van der Waals surface area contributed by atoms with Crippen LogP contribution in [0.25, 0.3) is 0 Å². The molecule has 0 amide bonds. The lowest BCUT2D eigenvalue weighted by Gasteiger charge is -1.96. The zero-order valence-corrected chi connectivity index (χ0v) is 7.28. The summed E-state index contributed by atoms with van der Waals surface area (Å²) in [5.41, 5.74) is 0.717. The van der Waals surface area contributed by atoms with Gasteiger partial charge in [-0.25, -0.2) is 4.98 Å². The number of hydrogen-bond acceptors (Lipinski definition) is 1. The smallest absolute Gasteiger partial charge is 0.213 e. The maximum Gasteiger partial charge on any atom is 0.213 e. The highest BCUT2D eigenvalue weighted by atomic mass is 79.9. The molecule has 0 saturated heterocycles. The molecule has 0 aliphatic heterocycles. The largest absolute Gasteiger partial charge is 0.227 e. The molecule has 1 nitrogen and oxygen atoms in total. The molecule has 0 N–H and O–H groups in total. The lowest BCUT2D eigenvalue weighted by Crippen LogP contribution is -1.86. The van der Waals surface area contributed by atoms with Crippen LogP contribution in [0.1, 0.15) is 5.56 Å². The molecule has 0 aromatic carbocycles. The van der Waals surface area contributed by atoms with Crippen LogP contribution in [-0.2, 0) is 5.33 Å². The second-order valence-corrected chi connectivity index (χ2v) is 2.70. The maximum atomic E-state index is 12.3. The van der Waals surface area contributed by atoms with Crippen LogP contribution in [-0.4, -0.2) is 4.98 Å². The molecule has 0 aliphatic carbocycles. The van der Waals surface area contributed by atoms with E-state index in [9.17, 15) is 4.39 Å². The van der Waals surface area contributed by atoms with Gasteiger partial charge in [0.15, 0.2) is 0 Å². The molecule has 0 fully saturated rings. The van der Waals surface area contributed by atoms with E-state index in [1.54, 1.807) is 0 Å². The summed E-state index contributed by atoms with van der Waals surface area (Å²) < 4.78 is 12.3.